The van der Waals surface area contributed by atoms with Crippen LogP contribution in [0.3, 0.4) is 0 Å². The number of pyridine rings is 1. The van der Waals surface area contributed by atoms with Crippen LogP contribution in [0.4, 0.5) is 19.0 Å². The fourth-order valence-electron chi connectivity index (χ4n) is 2.23. The summed E-state index contributed by atoms with van der Waals surface area (Å²) < 4.78 is 43.5. The second-order valence-corrected chi connectivity index (χ2v) is 6.17. The first kappa shape index (κ1) is 19.7. The first-order chi connectivity index (χ1) is 13.4. The van der Waals surface area contributed by atoms with E-state index in [0.29, 0.717) is 18.6 Å². The molecule has 0 radical (unpaired) electrons. The third-order valence-electron chi connectivity index (χ3n) is 3.68. The van der Waals surface area contributed by atoms with E-state index in [1.807, 2.05) is 30.3 Å². The Hall–Kier alpha value is -3.06. The number of aromatic nitrogens is 1. The van der Waals surface area contributed by atoms with Crippen molar-refractivity contribution < 1.29 is 17.9 Å². The second kappa shape index (κ2) is 8.75. The molecule has 0 atom stereocenters. The zero-order chi connectivity index (χ0) is 20.0. The van der Waals surface area contributed by atoms with Crippen molar-refractivity contribution in [3.8, 4) is 5.75 Å². The van der Waals surface area contributed by atoms with Gasteiger partial charge < -0.3 is 4.74 Å². The fourth-order valence-corrected chi connectivity index (χ4v) is 2.44. The molecule has 0 unspecified atom stereocenters. The number of benzene rings is 2. The lowest BCUT2D eigenvalue weighted by atomic mass is 10.2. The molecule has 144 valence electrons. The van der Waals surface area contributed by atoms with E-state index in [-0.39, 0.29) is 10.8 Å². The van der Waals surface area contributed by atoms with Crippen molar-refractivity contribution in [1.29, 1.82) is 0 Å². The van der Waals surface area contributed by atoms with Crippen LogP contribution in [0.15, 0.2) is 72.0 Å². The molecule has 3 aromatic rings. The van der Waals surface area contributed by atoms with Crippen LogP contribution >= 0.6 is 11.6 Å². The van der Waals surface area contributed by atoms with E-state index in [1.54, 1.807) is 24.3 Å². The number of hydrazone groups is 1. The van der Waals surface area contributed by atoms with Crippen LogP contribution in [0.5, 0.6) is 5.75 Å². The van der Waals surface area contributed by atoms with Crippen molar-refractivity contribution in [3.63, 3.8) is 0 Å². The van der Waals surface area contributed by atoms with Gasteiger partial charge >= 0.3 is 6.18 Å². The maximum Gasteiger partial charge on any atom is 0.417 e. The minimum absolute atomic E-state index is 0.0359. The Kier molecular flexibility index (Phi) is 6.16. The van der Waals surface area contributed by atoms with Crippen molar-refractivity contribution >= 4 is 23.6 Å². The van der Waals surface area contributed by atoms with Gasteiger partial charge in [-0.3, -0.25) is 5.43 Å². The second-order valence-electron chi connectivity index (χ2n) is 5.77. The summed E-state index contributed by atoms with van der Waals surface area (Å²) in [7, 11) is 0. The van der Waals surface area contributed by atoms with Gasteiger partial charge in [0.05, 0.1) is 16.8 Å². The average molecular weight is 406 g/mol. The third-order valence-corrected chi connectivity index (χ3v) is 3.97. The highest BCUT2D eigenvalue weighted by Gasteiger charge is 2.31. The average Bonchev–Trinajstić information content (AvgIpc) is 2.68. The van der Waals surface area contributed by atoms with Gasteiger partial charge in [0.25, 0.3) is 0 Å². The summed E-state index contributed by atoms with van der Waals surface area (Å²) in [6.07, 6.45) is -2.30. The SMILES string of the molecule is FC(F)(F)c1cnc(N/N=C\c2ccc(OCc3ccccc3)cc2)c(Cl)c1. The van der Waals surface area contributed by atoms with Crippen LogP contribution in [0.2, 0.25) is 5.02 Å². The monoisotopic (exact) mass is 405 g/mol. The summed E-state index contributed by atoms with van der Waals surface area (Å²) in [6, 6.07) is 17.8. The van der Waals surface area contributed by atoms with Crippen molar-refractivity contribution in [2.45, 2.75) is 12.8 Å². The largest absolute Gasteiger partial charge is 0.489 e. The summed E-state index contributed by atoms with van der Waals surface area (Å²) in [4.78, 5) is 3.65. The lowest BCUT2D eigenvalue weighted by molar-refractivity contribution is -0.137. The molecule has 28 heavy (non-hydrogen) atoms. The molecule has 0 aliphatic rings. The van der Waals surface area contributed by atoms with E-state index in [1.165, 1.54) is 6.21 Å². The van der Waals surface area contributed by atoms with E-state index < -0.39 is 11.7 Å². The number of rotatable bonds is 6. The molecule has 3 rings (SSSR count). The lowest BCUT2D eigenvalue weighted by Crippen LogP contribution is -2.06. The molecule has 0 fully saturated rings. The van der Waals surface area contributed by atoms with E-state index in [4.69, 9.17) is 16.3 Å². The molecule has 1 aromatic heterocycles. The zero-order valence-electron chi connectivity index (χ0n) is 14.4. The number of hydrogen-bond acceptors (Lipinski definition) is 4. The van der Waals surface area contributed by atoms with E-state index in [0.717, 1.165) is 17.2 Å². The minimum atomic E-state index is -4.50. The molecular formula is C20H15ClF3N3O. The van der Waals surface area contributed by atoms with Crippen LogP contribution < -0.4 is 10.2 Å². The van der Waals surface area contributed by atoms with Gasteiger partial charge in [0.1, 0.15) is 12.4 Å². The van der Waals surface area contributed by atoms with Crippen molar-refractivity contribution in [2.24, 2.45) is 5.10 Å². The van der Waals surface area contributed by atoms with E-state index in [2.05, 4.69) is 15.5 Å². The zero-order valence-corrected chi connectivity index (χ0v) is 15.2. The summed E-state index contributed by atoms with van der Waals surface area (Å²) in [5.74, 6) is 0.746. The Labute approximate surface area is 164 Å². The fraction of sp³-hybridized carbons (Fsp3) is 0.100. The summed E-state index contributed by atoms with van der Waals surface area (Å²) in [6.45, 7) is 0.466. The van der Waals surface area contributed by atoms with Gasteiger partial charge in [0.2, 0.25) is 0 Å². The Morgan fingerprint density at radius 1 is 1.07 bits per heavy atom. The molecule has 1 heterocycles. The molecular weight excluding hydrogens is 391 g/mol. The molecule has 0 aliphatic heterocycles. The Morgan fingerprint density at radius 3 is 2.43 bits per heavy atom. The van der Waals surface area contributed by atoms with Crippen molar-refractivity contribution in [2.75, 3.05) is 5.43 Å². The van der Waals surface area contributed by atoms with Gasteiger partial charge in [-0.25, -0.2) is 4.98 Å². The number of hydrogen-bond donors (Lipinski definition) is 1. The van der Waals surface area contributed by atoms with Gasteiger partial charge in [-0.2, -0.15) is 18.3 Å². The molecule has 0 amide bonds. The number of ether oxygens (including phenoxy) is 1. The number of halogens is 4. The molecule has 1 N–H and O–H groups in total. The van der Waals surface area contributed by atoms with Gasteiger partial charge in [0, 0.05) is 6.20 Å². The van der Waals surface area contributed by atoms with Crippen LogP contribution in [0, 0.1) is 0 Å². The number of anilines is 1. The number of alkyl halides is 3. The molecule has 0 bridgehead atoms. The summed E-state index contributed by atoms with van der Waals surface area (Å²) in [5.41, 5.74) is 3.44. The Balaban J connectivity index is 1.56. The molecule has 0 saturated heterocycles. The predicted octanol–water partition coefficient (Wildman–Crippen LogP) is 5.78. The highest BCUT2D eigenvalue weighted by atomic mass is 35.5. The molecule has 8 heteroatoms. The highest BCUT2D eigenvalue weighted by Crippen LogP contribution is 2.32. The summed E-state index contributed by atoms with van der Waals surface area (Å²) in [5, 5.41) is 3.77. The lowest BCUT2D eigenvalue weighted by Gasteiger charge is -2.08. The maximum atomic E-state index is 12.6. The van der Waals surface area contributed by atoms with Crippen LogP contribution in [-0.4, -0.2) is 11.2 Å². The number of nitrogens with one attached hydrogen (secondary N) is 1. The molecule has 0 saturated carbocycles. The molecule has 0 spiro atoms. The van der Waals surface area contributed by atoms with Crippen LogP contribution in [-0.2, 0) is 12.8 Å². The summed E-state index contributed by atoms with van der Waals surface area (Å²) >= 11 is 5.81. The van der Waals surface area contributed by atoms with Crippen molar-refractivity contribution in [1.82, 2.24) is 4.98 Å². The normalized spacial score (nSPS) is 11.6. The quantitative estimate of drug-likeness (QED) is 0.417. The standard InChI is InChI=1S/C20H15ClF3N3O/c21-18-10-16(20(22,23)24)12-25-19(18)27-26-11-14-6-8-17(9-7-14)28-13-15-4-2-1-3-5-15/h1-12H,13H2,(H,25,27)/b26-11-. The van der Waals surface area contributed by atoms with Gasteiger partial charge in [-0.15, -0.1) is 0 Å². The van der Waals surface area contributed by atoms with Crippen LogP contribution in [0.25, 0.3) is 0 Å². The molecule has 4 nitrogen and oxygen atoms in total. The predicted molar refractivity (Wildman–Crippen MR) is 103 cm³/mol. The van der Waals surface area contributed by atoms with Gasteiger partial charge in [0.15, 0.2) is 5.82 Å². The first-order valence-electron chi connectivity index (χ1n) is 8.20. The van der Waals surface area contributed by atoms with E-state index >= 15 is 0 Å². The van der Waals surface area contributed by atoms with Gasteiger partial charge in [-0.1, -0.05) is 41.9 Å². The Morgan fingerprint density at radius 2 is 1.79 bits per heavy atom. The van der Waals surface area contributed by atoms with Gasteiger partial charge in [-0.05, 0) is 41.5 Å². The first-order valence-corrected chi connectivity index (χ1v) is 8.58. The minimum Gasteiger partial charge on any atom is -0.489 e. The molecule has 2 aromatic carbocycles. The topological polar surface area (TPSA) is 46.5 Å². The van der Waals surface area contributed by atoms with Crippen LogP contribution in [0.1, 0.15) is 16.7 Å². The maximum absolute atomic E-state index is 12.6. The third kappa shape index (κ3) is 5.47. The highest BCUT2D eigenvalue weighted by molar-refractivity contribution is 6.32. The molecule has 0 aliphatic carbocycles. The number of nitrogens with zero attached hydrogens (tertiary/aromatic N) is 2. The smallest absolute Gasteiger partial charge is 0.417 e. The Bertz CT molecular complexity index is 945. The van der Waals surface area contributed by atoms with E-state index in [9.17, 15) is 13.2 Å². The van der Waals surface area contributed by atoms with Crippen molar-refractivity contribution in [3.05, 3.63) is 88.6 Å².